The molecule has 3 aromatic carbocycles. The Morgan fingerprint density at radius 2 is 1.79 bits per heavy atom. The van der Waals surface area contributed by atoms with Gasteiger partial charge in [-0.2, -0.15) is 0 Å². The lowest BCUT2D eigenvalue weighted by atomic mass is 10.1. The van der Waals surface area contributed by atoms with E-state index in [1.165, 1.54) is 35.6 Å². The van der Waals surface area contributed by atoms with Gasteiger partial charge in [-0.05, 0) is 52.3 Å². The monoisotopic (exact) mass is 531 g/mol. The summed E-state index contributed by atoms with van der Waals surface area (Å²) in [7, 11) is 0. The highest BCUT2D eigenvalue weighted by molar-refractivity contribution is 9.11. The fraction of sp³-hybridized carbons (Fsp3) is 0. The second-order valence-corrected chi connectivity index (χ2v) is 8.86. The maximum atomic E-state index is 12.8. The molecule has 0 fully saturated rings. The molecule has 9 heteroatoms. The molecule has 0 spiro atoms. The van der Waals surface area contributed by atoms with E-state index in [2.05, 4.69) is 42.2 Å². The first-order valence-corrected chi connectivity index (χ1v) is 10.7. The highest BCUT2D eigenvalue weighted by Crippen LogP contribution is 2.40. The van der Waals surface area contributed by atoms with Crippen molar-refractivity contribution in [3.63, 3.8) is 0 Å². The second kappa shape index (κ2) is 8.02. The van der Waals surface area contributed by atoms with Gasteiger partial charge in [0.05, 0.1) is 20.8 Å². The van der Waals surface area contributed by atoms with Crippen molar-refractivity contribution in [2.45, 2.75) is 0 Å². The van der Waals surface area contributed by atoms with Crippen LogP contribution in [-0.2, 0) is 0 Å². The molecule has 0 bridgehead atoms. The Morgan fingerprint density at radius 1 is 1.07 bits per heavy atom. The zero-order valence-electron chi connectivity index (χ0n) is 14.6. The minimum absolute atomic E-state index is 0.0680. The number of carbonyl (C=O) groups excluding carboxylic acids is 1. The molecule has 0 unspecified atom stereocenters. The molecule has 4 rings (SSSR count). The number of para-hydroxylation sites is 1. The van der Waals surface area contributed by atoms with Crippen LogP contribution < -0.4 is 5.32 Å². The number of aromatic nitrogens is 1. The molecule has 0 saturated heterocycles. The fourth-order valence-electron chi connectivity index (χ4n) is 2.78. The van der Waals surface area contributed by atoms with Crippen LogP contribution in [0.4, 0.5) is 11.4 Å². The highest BCUT2D eigenvalue weighted by atomic mass is 79.9. The average Bonchev–Trinajstić information content (AvgIpc) is 3.13. The van der Waals surface area contributed by atoms with Crippen LogP contribution in [0.15, 0.2) is 69.6 Å². The quantitative estimate of drug-likeness (QED) is 0.235. The molecule has 0 radical (unpaired) electrons. The second-order valence-electron chi connectivity index (χ2n) is 6.06. The summed E-state index contributed by atoms with van der Waals surface area (Å²) in [6, 6.07) is 17.0. The number of nitro groups is 1. The number of amides is 1. The van der Waals surface area contributed by atoms with Gasteiger partial charge in [-0.1, -0.05) is 28.1 Å². The van der Waals surface area contributed by atoms with Gasteiger partial charge in [-0.25, -0.2) is 4.98 Å². The number of anilines is 1. The third kappa shape index (κ3) is 4.07. The molecule has 1 heterocycles. The summed E-state index contributed by atoms with van der Waals surface area (Å²) < 4.78 is 2.58. The van der Waals surface area contributed by atoms with Gasteiger partial charge in [0.2, 0.25) is 0 Å². The first kappa shape index (κ1) is 19.7. The summed E-state index contributed by atoms with van der Waals surface area (Å²) in [5.41, 5.74) is 2.48. The number of thiazole rings is 1. The third-order valence-corrected chi connectivity index (χ3v) is 6.31. The summed E-state index contributed by atoms with van der Waals surface area (Å²) in [6.07, 6.45) is 0. The van der Waals surface area contributed by atoms with Gasteiger partial charge < -0.3 is 5.32 Å². The lowest BCUT2D eigenvalue weighted by Crippen LogP contribution is -2.13. The fourth-order valence-corrected chi connectivity index (χ4v) is 5.09. The summed E-state index contributed by atoms with van der Waals surface area (Å²) in [6.45, 7) is 0. The molecule has 0 aliphatic carbocycles. The van der Waals surface area contributed by atoms with E-state index in [4.69, 9.17) is 0 Å². The third-order valence-electron chi connectivity index (χ3n) is 4.16. The molecular weight excluding hydrogens is 522 g/mol. The summed E-state index contributed by atoms with van der Waals surface area (Å²) in [5, 5.41) is 14.5. The van der Waals surface area contributed by atoms with Crippen LogP contribution >= 0.6 is 43.2 Å². The molecule has 1 amide bonds. The largest absolute Gasteiger partial charge is 0.320 e. The minimum atomic E-state index is -0.502. The van der Waals surface area contributed by atoms with Gasteiger partial charge in [0.15, 0.2) is 0 Å². The molecule has 1 N–H and O–H groups in total. The Kier molecular flexibility index (Phi) is 5.44. The van der Waals surface area contributed by atoms with Crippen molar-refractivity contribution in [3.05, 3.63) is 85.3 Å². The van der Waals surface area contributed by atoms with E-state index < -0.39 is 4.92 Å². The molecule has 4 aromatic rings. The zero-order valence-corrected chi connectivity index (χ0v) is 18.5. The first-order valence-electron chi connectivity index (χ1n) is 8.33. The standard InChI is InChI=1S/C20H11Br2N3O3S/c21-12-9-14(20-23-16-3-1-2-4-17(16)29-20)18(15(22)10-12)24-19(26)11-5-7-13(8-6-11)25(27)28/h1-10H,(H,24,26). The van der Waals surface area contributed by atoms with Crippen molar-refractivity contribution in [1.82, 2.24) is 4.98 Å². The number of rotatable bonds is 4. The zero-order chi connectivity index (χ0) is 20.5. The molecule has 1 aromatic heterocycles. The van der Waals surface area contributed by atoms with Gasteiger partial charge in [-0.3, -0.25) is 14.9 Å². The topological polar surface area (TPSA) is 85.1 Å². The molecular formula is C20H11Br2N3O3S. The Balaban J connectivity index is 1.73. The Labute approximate surface area is 186 Å². The van der Waals surface area contributed by atoms with E-state index in [-0.39, 0.29) is 11.6 Å². The van der Waals surface area contributed by atoms with Crippen molar-refractivity contribution < 1.29 is 9.72 Å². The van der Waals surface area contributed by atoms with Crippen LogP contribution in [0.2, 0.25) is 0 Å². The smallest absolute Gasteiger partial charge is 0.269 e. The van der Waals surface area contributed by atoms with Gasteiger partial charge in [0.1, 0.15) is 5.01 Å². The molecule has 0 aliphatic rings. The van der Waals surface area contributed by atoms with Gasteiger partial charge in [0.25, 0.3) is 11.6 Å². The van der Waals surface area contributed by atoms with Crippen molar-refractivity contribution in [2.24, 2.45) is 0 Å². The number of nitro benzene ring substituents is 1. The average molecular weight is 533 g/mol. The number of non-ortho nitro benzene ring substituents is 1. The van der Waals surface area contributed by atoms with Crippen molar-refractivity contribution in [1.29, 1.82) is 0 Å². The number of nitrogens with one attached hydrogen (secondary N) is 1. The Bertz CT molecular complexity index is 1220. The van der Waals surface area contributed by atoms with E-state index >= 15 is 0 Å². The Morgan fingerprint density at radius 3 is 2.48 bits per heavy atom. The van der Waals surface area contributed by atoms with E-state index in [0.29, 0.717) is 15.7 Å². The highest BCUT2D eigenvalue weighted by Gasteiger charge is 2.18. The SMILES string of the molecule is O=C(Nc1c(Br)cc(Br)cc1-c1nc2ccccc2s1)c1ccc([N+](=O)[O-])cc1. The van der Waals surface area contributed by atoms with Crippen LogP contribution in [0.5, 0.6) is 0 Å². The van der Waals surface area contributed by atoms with E-state index in [0.717, 1.165) is 25.3 Å². The summed E-state index contributed by atoms with van der Waals surface area (Å²) in [4.78, 5) is 27.8. The van der Waals surface area contributed by atoms with Crippen LogP contribution in [0, 0.1) is 10.1 Å². The number of benzene rings is 3. The number of hydrogen-bond donors (Lipinski definition) is 1. The number of hydrogen-bond acceptors (Lipinski definition) is 5. The van der Waals surface area contributed by atoms with Gasteiger partial charge in [0, 0.05) is 32.2 Å². The van der Waals surface area contributed by atoms with Gasteiger partial charge in [-0.15, -0.1) is 11.3 Å². The van der Waals surface area contributed by atoms with Crippen LogP contribution in [0.25, 0.3) is 20.8 Å². The van der Waals surface area contributed by atoms with E-state index in [1.807, 2.05) is 36.4 Å². The van der Waals surface area contributed by atoms with Crippen molar-refractivity contribution in [2.75, 3.05) is 5.32 Å². The summed E-state index contributed by atoms with van der Waals surface area (Å²) >= 11 is 8.54. The molecule has 0 saturated carbocycles. The lowest BCUT2D eigenvalue weighted by Gasteiger charge is -2.13. The van der Waals surface area contributed by atoms with E-state index in [9.17, 15) is 14.9 Å². The van der Waals surface area contributed by atoms with Gasteiger partial charge >= 0.3 is 0 Å². The minimum Gasteiger partial charge on any atom is -0.320 e. The number of carbonyl (C=O) groups is 1. The van der Waals surface area contributed by atoms with E-state index in [1.54, 1.807) is 0 Å². The number of halogens is 2. The predicted molar refractivity (Wildman–Crippen MR) is 122 cm³/mol. The molecule has 6 nitrogen and oxygen atoms in total. The number of fused-ring (bicyclic) bond motifs is 1. The maximum absolute atomic E-state index is 12.8. The van der Waals surface area contributed by atoms with Crippen LogP contribution in [0.1, 0.15) is 10.4 Å². The lowest BCUT2D eigenvalue weighted by molar-refractivity contribution is -0.384. The Hall–Kier alpha value is -2.62. The molecule has 144 valence electrons. The van der Waals surface area contributed by atoms with Crippen LogP contribution in [-0.4, -0.2) is 15.8 Å². The molecule has 0 atom stereocenters. The first-order chi connectivity index (χ1) is 13.9. The van der Waals surface area contributed by atoms with Crippen LogP contribution in [0.3, 0.4) is 0 Å². The normalized spacial score (nSPS) is 10.8. The van der Waals surface area contributed by atoms with Crippen molar-refractivity contribution >= 4 is 70.7 Å². The molecule has 29 heavy (non-hydrogen) atoms. The van der Waals surface area contributed by atoms with Crippen molar-refractivity contribution in [3.8, 4) is 10.6 Å². The molecule has 0 aliphatic heterocycles. The summed E-state index contributed by atoms with van der Waals surface area (Å²) in [5.74, 6) is -0.370. The predicted octanol–water partition coefficient (Wildman–Crippen LogP) is 6.65. The maximum Gasteiger partial charge on any atom is 0.269 e. The number of nitrogens with zero attached hydrogens (tertiary/aromatic N) is 2.